The molecule has 6 nitrogen and oxygen atoms in total. The van der Waals surface area contributed by atoms with Gasteiger partial charge in [0.05, 0.1) is 33.0 Å². The number of aryl methyl sites for hydroxylation is 1. The molecule has 1 aromatic carbocycles. The van der Waals surface area contributed by atoms with Gasteiger partial charge in [-0.3, -0.25) is 5.41 Å². The minimum absolute atomic E-state index is 0.0656. The van der Waals surface area contributed by atoms with Crippen molar-refractivity contribution in [3.8, 4) is 5.75 Å². The molecule has 0 amide bonds. The first kappa shape index (κ1) is 17.4. The number of benzene rings is 1. The van der Waals surface area contributed by atoms with Crippen LogP contribution in [-0.2, 0) is 14.2 Å². The lowest BCUT2D eigenvalue weighted by Crippen LogP contribution is -2.14. The number of rotatable bonds is 11. The van der Waals surface area contributed by atoms with Crippen molar-refractivity contribution >= 4 is 5.84 Å². The van der Waals surface area contributed by atoms with E-state index in [2.05, 4.69) is 0 Å². The smallest absolute Gasteiger partial charge is 0.123 e. The summed E-state index contributed by atoms with van der Waals surface area (Å²) in [5.41, 5.74) is 7.12. The molecule has 3 N–H and O–H groups in total. The van der Waals surface area contributed by atoms with Gasteiger partial charge in [-0.1, -0.05) is 0 Å². The molecule has 0 saturated heterocycles. The standard InChI is InChI=1S/C15H24N2O4/c1-12-11-13(3-4-14(12)15(16)17)21-10-9-20-8-7-19-6-5-18-2/h3-4,11H,5-10H2,1-2H3,(H3,16,17). The third-order valence-corrected chi connectivity index (χ3v) is 2.79. The highest BCUT2D eigenvalue weighted by Crippen LogP contribution is 2.16. The molecule has 0 saturated carbocycles. The van der Waals surface area contributed by atoms with E-state index in [1.54, 1.807) is 19.2 Å². The van der Waals surface area contributed by atoms with Crippen LogP contribution < -0.4 is 10.5 Å². The number of hydrogen-bond donors (Lipinski definition) is 2. The van der Waals surface area contributed by atoms with Gasteiger partial charge in [-0.2, -0.15) is 0 Å². The van der Waals surface area contributed by atoms with Gasteiger partial charge in [-0.05, 0) is 30.7 Å². The van der Waals surface area contributed by atoms with E-state index in [-0.39, 0.29) is 5.84 Å². The topological polar surface area (TPSA) is 86.8 Å². The monoisotopic (exact) mass is 296 g/mol. The Bertz CT molecular complexity index is 438. The fraction of sp³-hybridized carbons (Fsp3) is 0.533. The van der Waals surface area contributed by atoms with Crippen LogP contribution in [0.1, 0.15) is 11.1 Å². The Hall–Kier alpha value is -1.63. The number of nitrogens with two attached hydrogens (primary N) is 1. The quantitative estimate of drug-likeness (QED) is 0.365. The highest BCUT2D eigenvalue weighted by atomic mass is 16.6. The summed E-state index contributed by atoms with van der Waals surface area (Å²) in [4.78, 5) is 0. The summed E-state index contributed by atoms with van der Waals surface area (Å²) in [6, 6.07) is 5.46. The summed E-state index contributed by atoms with van der Waals surface area (Å²) in [5, 5.41) is 7.42. The number of nitrogens with one attached hydrogen (secondary N) is 1. The number of nitrogen functional groups attached to an aromatic ring is 1. The van der Waals surface area contributed by atoms with E-state index in [0.717, 1.165) is 16.9 Å². The molecule has 21 heavy (non-hydrogen) atoms. The van der Waals surface area contributed by atoms with E-state index in [4.69, 9.17) is 30.1 Å². The van der Waals surface area contributed by atoms with Crippen LogP contribution in [0.5, 0.6) is 5.75 Å². The lowest BCUT2D eigenvalue weighted by atomic mass is 10.1. The predicted octanol–water partition coefficient (Wildman–Crippen LogP) is 1.34. The van der Waals surface area contributed by atoms with Crippen molar-refractivity contribution in [3.63, 3.8) is 0 Å². The summed E-state index contributed by atoms with van der Waals surface area (Å²) >= 11 is 0. The van der Waals surface area contributed by atoms with Gasteiger partial charge < -0.3 is 24.7 Å². The molecular weight excluding hydrogens is 272 g/mol. The lowest BCUT2D eigenvalue weighted by Gasteiger charge is -2.10. The fourth-order valence-corrected chi connectivity index (χ4v) is 1.71. The van der Waals surface area contributed by atoms with Crippen molar-refractivity contribution in [1.29, 1.82) is 5.41 Å². The second kappa shape index (κ2) is 10.1. The highest BCUT2D eigenvalue weighted by Gasteiger charge is 2.03. The minimum atomic E-state index is 0.0656. The molecule has 0 aliphatic rings. The Labute approximate surface area is 125 Å². The van der Waals surface area contributed by atoms with Crippen molar-refractivity contribution in [1.82, 2.24) is 0 Å². The van der Waals surface area contributed by atoms with Gasteiger partial charge in [-0.15, -0.1) is 0 Å². The second-order valence-electron chi connectivity index (χ2n) is 4.46. The van der Waals surface area contributed by atoms with Gasteiger partial charge in [0.1, 0.15) is 18.2 Å². The zero-order valence-corrected chi connectivity index (χ0v) is 12.7. The zero-order chi connectivity index (χ0) is 15.5. The maximum Gasteiger partial charge on any atom is 0.123 e. The minimum Gasteiger partial charge on any atom is -0.491 e. The van der Waals surface area contributed by atoms with E-state index in [0.29, 0.717) is 39.6 Å². The fourth-order valence-electron chi connectivity index (χ4n) is 1.71. The van der Waals surface area contributed by atoms with Crippen LogP contribution in [0.25, 0.3) is 0 Å². The van der Waals surface area contributed by atoms with Crippen LogP contribution in [0.2, 0.25) is 0 Å². The summed E-state index contributed by atoms with van der Waals surface area (Å²) < 4.78 is 21.1. The normalized spacial score (nSPS) is 10.6. The average molecular weight is 296 g/mol. The Kier molecular flexibility index (Phi) is 8.42. The van der Waals surface area contributed by atoms with E-state index in [9.17, 15) is 0 Å². The van der Waals surface area contributed by atoms with Gasteiger partial charge >= 0.3 is 0 Å². The molecule has 0 aliphatic heterocycles. The number of methoxy groups -OCH3 is 1. The predicted molar refractivity (Wildman–Crippen MR) is 81.2 cm³/mol. The first-order valence-electron chi connectivity index (χ1n) is 6.87. The molecule has 0 aromatic heterocycles. The average Bonchev–Trinajstić information content (AvgIpc) is 2.45. The van der Waals surface area contributed by atoms with Crippen LogP contribution in [-0.4, -0.2) is 52.6 Å². The SMILES string of the molecule is COCCOCCOCCOc1ccc(C(=N)N)c(C)c1. The van der Waals surface area contributed by atoms with Crippen molar-refractivity contribution in [2.24, 2.45) is 5.73 Å². The van der Waals surface area contributed by atoms with E-state index < -0.39 is 0 Å². The second-order valence-corrected chi connectivity index (χ2v) is 4.46. The first-order valence-corrected chi connectivity index (χ1v) is 6.87. The third kappa shape index (κ3) is 7.08. The van der Waals surface area contributed by atoms with Crippen LogP contribution >= 0.6 is 0 Å². The van der Waals surface area contributed by atoms with Gasteiger partial charge in [0, 0.05) is 12.7 Å². The van der Waals surface area contributed by atoms with Crippen molar-refractivity contribution < 1.29 is 18.9 Å². The zero-order valence-electron chi connectivity index (χ0n) is 12.7. The molecule has 1 aromatic rings. The van der Waals surface area contributed by atoms with E-state index in [1.807, 2.05) is 13.0 Å². The van der Waals surface area contributed by atoms with Gasteiger partial charge in [0.2, 0.25) is 0 Å². The maximum absolute atomic E-state index is 7.42. The van der Waals surface area contributed by atoms with Crippen LogP contribution in [0.3, 0.4) is 0 Å². The molecule has 0 spiro atoms. The molecule has 0 unspecified atom stereocenters. The molecule has 0 atom stereocenters. The van der Waals surface area contributed by atoms with Gasteiger partial charge in [0.15, 0.2) is 0 Å². The Morgan fingerprint density at radius 3 is 2.24 bits per heavy atom. The van der Waals surface area contributed by atoms with Gasteiger partial charge in [0.25, 0.3) is 0 Å². The van der Waals surface area contributed by atoms with Crippen LogP contribution in [0, 0.1) is 12.3 Å². The van der Waals surface area contributed by atoms with Crippen molar-refractivity contribution in [2.75, 3.05) is 46.8 Å². The number of ether oxygens (including phenoxy) is 4. The maximum atomic E-state index is 7.42. The van der Waals surface area contributed by atoms with Gasteiger partial charge in [-0.25, -0.2) is 0 Å². The summed E-state index contributed by atoms with van der Waals surface area (Å²) in [7, 11) is 1.64. The van der Waals surface area contributed by atoms with Crippen LogP contribution in [0.15, 0.2) is 18.2 Å². The summed E-state index contributed by atoms with van der Waals surface area (Å²) in [6.45, 7) is 5.14. The molecule has 0 aliphatic carbocycles. The molecule has 0 bridgehead atoms. The molecule has 1 rings (SSSR count). The van der Waals surface area contributed by atoms with E-state index in [1.165, 1.54) is 0 Å². The Morgan fingerprint density at radius 1 is 1.05 bits per heavy atom. The van der Waals surface area contributed by atoms with E-state index >= 15 is 0 Å². The first-order chi connectivity index (χ1) is 10.1. The highest BCUT2D eigenvalue weighted by molar-refractivity contribution is 5.96. The van der Waals surface area contributed by atoms with Crippen molar-refractivity contribution in [3.05, 3.63) is 29.3 Å². The largest absolute Gasteiger partial charge is 0.491 e. The number of amidine groups is 1. The molecular formula is C15H24N2O4. The summed E-state index contributed by atoms with van der Waals surface area (Å²) in [6.07, 6.45) is 0. The Morgan fingerprint density at radius 2 is 1.67 bits per heavy atom. The summed E-state index contributed by atoms with van der Waals surface area (Å²) in [5.74, 6) is 0.813. The van der Waals surface area contributed by atoms with Crippen LogP contribution in [0.4, 0.5) is 0 Å². The lowest BCUT2D eigenvalue weighted by molar-refractivity contribution is 0.0179. The molecule has 0 fully saturated rings. The van der Waals surface area contributed by atoms with Crippen molar-refractivity contribution in [2.45, 2.75) is 6.92 Å². The Balaban J connectivity index is 2.13. The molecule has 0 heterocycles. The third-order valence-electron chi connectivity index (χ3n) is 2.79. The molecule has 0 radical (unpaired) electrons. The number of hydrogen-bond acceptors (Lipinski definition) is 5. The molecule has 6 heteroatoms. The molecule has 118 valence electrons.